The quantitative estimate of drug-likeness (QED) is 0.0838. The van der Waals surface area contributed by atoms with Crippen LogP contribution in [0.2, 0.25) is 0 Å². The zero-order valence-electron chi connectivity index (χ0n) is 28.4. The molecule has 1 amide bonds. The molecule has 1 aliphatic rings. The number of aliphatic hydroxyl groups is 1. The fraction of sp³-hybridized carbons (Fsp3) is 0.262. The van der Waals surface area contributed by atoms with E-state index in [1.54, 1.807) is 14.2 Å². The molecule has 50 heavy (non-hydrogen) atoms. The second kappa shape index (κ2) is 16.5. The lowest BCUT2D eigenvalue weighted by Crippen LogP contribution is -2.36. The number of carbonyl (C=O) groups excluding carboxylic acids is 1. The highest BCUT2D eigenvalue weighted by Gasteiger charge is 2.38. The second-order valence-electron chi connectivity index (χ2n) is 12.1. The molecule has 1 unspecified atom stereocenters. The average molecular weight is 674 g/mol. The molecule has 8 heteroatoms. The zero-order valence-corrected chi connectivity index (χ0v) is 28.4. The Morgan fingerprint density at radius 2 is 1.22 bits per heavy atom. The number of amides is 1. The molecule has 5 aromatic rings. The molecule has 0 spiro atoms. The van der Waals surface area contributed by atoms with Crippen LogP contribution in [0.15, 0.2) is 127 Å². The second-order valence-corrected chi connectivity index (χ2v) is 12.1. The van der Waals surface area contributed by atoms with Gasteiger partial charge < -0.3 is 34.1 Å². The third-order valence-electron chi connectivity index (χ3n) is 9.05. The van der Waals surface area contributed by atoms with Crippen LogP contribution in [0.4, 0.5) is 4.79 Å². The van der Waals surface area contributed by atoms with Gasteiger partial charge in [0.15, 0.2) is 0 Å². The topological polar surface area (TPSA) is 95.5 Å². The van der Waals surface area contributed by atoms with Crippen LogP contribution in [-0.2, 0) is 19.8 Å². The fourth-order valence-corrected chi connectivity index (χ4v) is 6.58. The van der Waals surface area contributed by atoms with E-state index in [0.717, 1.165) is 28.2 Å². The maximum absolute atomic E-state index is 12.5. The normalized spacial score (nSPS) is 12.9. The van der Waals surface area contributed by atoms with Gasteiger partial charge in [0.05, 0.1) is 27.4 Å². The summed E-state index contributed by atoms with van der Waals surface area (Å²) in [5.41, 5.74) is 6.35. The molecule has 5 aromatic carbocycles. The highest BCUT2D eigenvalue weighted by molar-refractivity contribution is 5.79. The van der Waals surface area contributed by atoms with Gasteiger partial charge in [-0.1, -0.05) is 103 Å². The van der Waals surface area contributed by atoms with Crippen molar-refractivity contribution in [3.8, 4) is 22.6 Å². The Morgan fingerprint density at radius 3 is 1.78 bits per heavy atom. The zero-order chi connectivity index (χ0) is 34.8. The molecule has 0 saturated heterocycles. The first-order chi connectivity index (χ1) is 24.5. The maximum Gasteiger partial charge on any atom is 0.407 e. The highest BCUT2D eigenvalue weighted by Crippen LogP contribution is 2.45. The van der Waals surface area contributed by atoms with E-state index in [1.807, 2.05) is 103 Å². The van der Waals surface area contributed by atoms with Gasteiger partial charge in [0, 0.05) is 19.1 Å². The van der Waals surface area contributed by atoms with E-state index in [0.29, 0.717) is 19.6 Å². The maximum atomic E-state index is 12.5. The SMILES string of the molecule is COc1ccc(C(OCC(O)COCCCNC(=O)OCC2c3ccccc3-c3ccccc32)(c2ccccc2)c2ccc(OC)cc2)cc1. The summed E-state index contributed by atoms with van der Waals surface area (Å²) in [6.45, 7) is 1.07. The molecule has 8 nitrogen and oxygen atoms in total. The third kappa shape index (κ3) is 7.68. The standard InChI is InChI=1S/C42H43NO7/c1-46-34-21-17-31(18-22-34)42(30-11-4-3-5-12-30,32-19-23-35(47-2)24-20-32)50-28-33(44)27-48-26-10-25-43-41(45)49-29-40-38-15-8-6-13-36(38)37-14-7-9-16-39(37)40/h3-9,11-24,33,40,44H,10,25-29H2,1-2H3,(H,43,45). The van der Waals surface area contributed by atoms with E-state index >= 15 is 0 Å². The molecule has 1 aliphatic carbocycles. The van der Waals surface area contributed by atoms with Crippen LogP contribution in [0.1, 0.15) is 40.2 Å². The Kier molecular flexibility index (Phi) is 11.5. The van der Waals surface area contributed by atoms with E-state index in [1.165, 1.54) is 22.3 Å². The molecular formula is C42H43NO7. The largest absolute Gasteiger partial charge is 0.497 e. The highest BCUT2D eigenvalue weighted by atomic mass is 16.5. The predicted molar refractivity (Wildman–Crippen MR) is 193 cm³/mol. The van der Waals surface area contributed by atoms with Crippen molar-refractivity contribution >= 4 is 6.09 Å². The molecule has 1 atom stereocenters. The summed E-state index contributed by atoms with van der Waals surface area (Å²) in [7, 11) is 3.26. The number of carbonyl (C=O) groups is 1. The molecule has 0 aliphatic heterocycles. The fourth-order valence-electron chi connectivity index (χ4n) is 6.58. The van der Waals surface area contributed by atoms with E-state index in [2.05, 4.69) is 29.6 Å². The van der Waals surface area contributed by atoms with Crippen LogP contribution in [0.5, 0.6) is 11.5 Å². The van der Waals surface area contributed by atoms with E-state index in [4.69, 9.17) is 23.7 Å². The molecule has 0 heterocycles. The van der Waals surface area contributed by atoms with Crippen LogP contribution in [-0.4, -0.2) is 64.5 Å². The number of rotatable bonds is 16. The Morgan fingerprint density at radius 1 is 0.700 bits per heavy atom. The summed E-state index contributed by atoms with van der Waals surface area (Å²) in [6, 6.07) is 41.9. The molecule has 0 fully saturated rings. The van der Waals surface area contributed by atoms with Gasteiger partial charge in [-0.05, 0) is 69.6 Å². The molecular weight excluding hydrogens is 630 g/mol. The van der Waals surface area contributed by atoms with Crippen molar-refractivity contribution in [2.75, 3.05) is 47.2 Å². The minimum Gasteiger partial charge on any atom is -0.497 e. The van der Waals surface area contributed by atoms with Gasteiger partial charge in [-0.15, -0.1) is 0 Å². The molecule has 6 rings (SSSR count). The summed E-state index contributed by atoms with van der Waals surface area (Å²) < 4.78 is 29.0. The number of hydrogen-bond donors (Lipinski definition) is 2. The minimum atomic E-state index is -1.03. The minimum absolute atomic E-state index is 0.00491. The van der Waals surface area contributed by atoms with Crippen LogP contribution >= 0.6 is 0 Å². The van der Waals surface area contributed by atoms with Crippen molar-refractivity contribution in [2.45, 2.75) is 24.0 Å². The molecule has 0 radical (unpaired) electrons. The third-order valence-corrected chi connectivity index (χ3v) is 9.05. The van der Waals surface area contributed by atoms with Gasteiger partial charge in [0.25, 0.3) is 0 Å². The van der Waals surface area contributed by atoms with Crippen molar-refractivity contribution in [3.63, 3.8) is 0 Å². The Hall–Kier alpha value is -5.15. The van der Waals surface area contributed by atoms with Gasteiger partial charge in [0.2, 0.25) is 0 Å². The van der Waals surface area contributed by atoms with E-state index < -0.39 is 17.8 Å². The van der Waals surface area contributed by atoms with E-state index in [-0.39, 0.29) is 25.7 Å². The summed E-state index contributed by atoms with van der Waals surface area (Å²) in [5.74, 6) is 1.47. The van der Waals surface area contributed by atoms with Crippen molar-refractivity contribution in [1.82, 2.24) is 5.32 Å². The Balaban J connectivity index is 1.01. The number of ether oxygens (including phenoxy) is 5. The molecule has 2 N–H and O–H groups in total. The van der Waals surface area contributed by atoms with Gasteiger partial charge in [-0.2, -0.15) is 0 Å². The number of methoxy groups -OCH3 is 2. The summed E-state index contributed by atoms with van der Waals surface area (Å²) in [5, 5.41) is 13.8. The lowest BCUT2D eigenvalue weighted by Gasteiger charge is -2.36. The Labute approximate surface area is 293 Å². The van der Waals surface area contributed by atoms with Crippen LogP contribution in [0, 0.1) is 0 Å². The number of hydrogen-bond acceptors (Lipinski definition) is 7. The number of nitrogens with one attached hydrogen (secondary N) is 1. The molecule has 0 aromatic heterocycles. The van der Waals surface area contributed by atoms with Gasteiger partial charge in [0.1, 0.15) is 29.8 Å². The first-order valence-electron chi connectivity index (χ1n) is 16.9. The number of aliphatic hydroxyl groups excluding tert-OH is 1. The number of fused-ring (bicyclic) bond motifs is 3. The number of benzene rings is 5. The summed E-state index contributed by atoms with van der Waals surface area (Å²) in [6.07, 6.45) is -0.803. The van der Waals surface area contributed by atoms with Crippen molar-refractivity contribution in [2.24, 2.45) is 0 Å². The average Bonchev–Trinajstić information content (AvgIpc) is 3.50. The predicted octanol–water partition coefficient (Wildman–Crippen LogP) is 7.32. The summed E-state index contributed by atoms with van der Waals surface area (Å²) >= 11 is 0. The molecule has 258 valence electrons. The van der Waals surface area contributed by atoms with E-state index in [9.17, 15) is 9.90 Å². The lowest BCUT2D eigenvalue weighted by molar-refractivity contribution is -0.0640. The van der Waals surface area contributed by atoms with Crippen LogP contribution in [0.3, 0.4) is 0 Å². The summed E-state index contributed by atoms with van der Waals surface area (Å²) in [4.78, 5) is 12.5. The number of alkyl carbamates (subject to hydrolysis) is 1. The molecule has 0 saturated carbocycles. The Bertz CT molecular complexity index is 1730. The molecule has 0 bridgehead atoms. The first-order valence-corrected chi connectivity index (χ1v) is 16.9. The van der Waals surface area contributed by atoms with Gasteiger partial charge in [-0.3, -0.25) is 0 Å². The van der Waals surface area contributed by atoms with Crippen molar-refractivity contribution in [3.05, 3.63) is 155 Å². The van der Waals surface area contributed by atoms with Crippen molar-refractivity contribution in [1.29, 1.82) is 0 Å². The monoisotopic (exact) mass is 673 g/mol. The lowest BCUT2D eigenvalue weighted by atomic mass is 9.80. The van der Waals surface area contributed by atoms with Crippen molar-refractivity contribution < 1.29 is 33.6 Å². The van der Waals surface area contributed by atoms with Crippen LogP contribution < -0.4 is 14.8 Å². The van der Waals surface area contributed by atoms with Gasteiger partial charge >= 0.3 is 6.09 Å². The van der Waals surface area contributed by atoms with Gasteiger partial charge in [-0.25, -0.2) is 4.79 Å². The van der Waals surface area contributed by atoms with Crippen LogP contribution in [0.25, 0.3) is 11.1 Å². The smallest absolute Gasteiger partial charge is 0.407 e. The first kappa shape index (κ1) is 34.7.